The summed E-state index contributed by atoms with van der Waals surface area (Å²) in [5.74, 6) is 1.78. The van der Waals surface area contributed by atoms with Crippen molar-refractivity contribution < 1.29 is 4.74 Å². The first-order valence-corrected chi connectivity index (χ1v) is 31.8. The van der Waals surface area contributed by atoms with E-state index in [0.29, 0.717) is 0 Å². The standard InChI is InChI=1S/C80H66BNOS2/c1-77(2,3)55-35-52-37-57(45-55)79(7,8)80(9,10)58-38-53(36-56(46-58)78(4,5)6)49-30-34-69-66(40-49)81-65-39-48(52)29-33-67(65)82(68-41-54(42-70(83-69)75(68)81)47-19-12-11-13-20-47)76-59(50-27-31-63-61-21-14-16-25-71(61)84-73(63)43-50)23-18-24-60(76)51-28-32-64-62-22-15-17-26-72(62)85-74(64)44-51/h11-46H,1-10H3. The number of hydrogen-bond donors (Lipinski definition) is 0. The number of anilines is 3. The largest absolute Gasteiger partial charge is 0.458 e. The van der Waals surface area contributed by atoms with Crippen LogP contribution in [0.3, 0.4) is 0 Å². The predicted molar refractivity (Wildman–Crippen MR) is 369 cm³/mol. The Bertz CT molecular complexity index is 4830. The van der Waals surface area contributed by atoms with Gasteiger partial charge in [0, 0.05) is 62.8 Å². The van der Waals surface area contributed by atoms with Crippen molar-refractivity contribution in [3.05, 3.63) is 241 Å². The Hall–Kier alpha value is -8.48. The van der Waals surface area contributed by atoms with Crippen LogP contribution < -0.4 is 26.0 Å². The van der Waals surface area contributed by atoms with Crippen LogP contribution in [0.25, 0.3) is 96.0 Å². The zero-order valence-corrected chi connectivity index (χ0v) is 51.7. The molecule has 0 unspecified atom stereocenters. The average molecular weight is 1130 g/mol. The third-order valence-electron chi connectivity index (χ3n) is 19.8. The zero-order valence-electron chi connectivity index (χ0n) is 50.0. The van der Waals surface area contributed by atoms with Gasteiger partial charge in [-0.3, -0.25) is 0 Å². The third kappa shape index (κ3) is 8.10. The molecule has 412 valence electrons. The Kier molecular flexibility index (Phi) is 11.3. The maximum absolute atomic E-state index is 7.50. The Morgan fingerprint density at radius 2 is 0.859 bits per heavy atom. The fourth-order valence-electron chi connectivity index (χ4n) is 14.1. The first-order valence-electron chi connectivity index (χ1n) is 30.1. The summed E-state index contributed by atoms with van der Waals surface area (Å²) in [6, 6.07) is 84.1. The minimum absolute atomic E-state index is 0.0852. The van der Waals surface area contributed by atoms with Gasteiger partial charge < -0.3 is 9.64 Å². The lowest BCUT2D eigenvalue weighted by molar-refractivity contribution is 0.302. The van der Waals surface area contributed by atoms with Crippen molar-refractivity contribution in [2.24, 2.45) is 0 Å². The van der Waals surface area contributed by atoms with E-state index in [-0.39, 0.29) is 28.4 Å². The first-order chi connectivity index (χ1) is 40.9. The SMILES string of the molecule is CC(C)(C)c1cc2cc(c1)C(C)(C)C(C)(C)c1cc(cc(C(C)(C)C)c1)-c1ccc3c(c1)B1c4cc-2ccc4Oc2cc(-c4ccccc4)cc(c21)N3c1c(-c2ccc3c(c2)sc2ccccc23)cccc1-c1ccc2c(c1)sc1ccccc12. The number of ether oxygens (including phenoxy) is 1. The predicted octanol–water partition coefficient (Wildman–Crippen LogP) is 21.3. The van der Waals surface area contributed by atoms with Gasteiger partial charge >= 0.3 is 0 Å². The number of fused-ring (bicyclic) bond motifs is 14. The van der Waals surface area contributed by atoms with Gasteiger partial charge in [0.05, 0.1) is 5.69 Å². The fraction of sp³-hybridized carbons (Fsp3) is 0.175. The maximum Gasteiger partial charge on any atom is 0.256 e. The number of hydrogen-bond acceptors (Lipinski definition) is 4. The summed E-state index contributed by atoms with van der Waals surface area (Å²) in [5, 5.41) is 5.18. The maximum atomic E-state index is 7.50. The molecule has 0 saturated heterocycles. The van der Waals surface area contributed by atoms with Crippen LogP contribution in [0.2, 0.25) is 0 Å². The average Bonchev–Trinajstić information content (AvgIpc) is 1.23. The molecule has 0 N–H and O–H groups in total. The second-order valence-electron chi connectivity index (χ2n) is 27.3. The number of benzene rings is 11. The van der Waals surface area contributed by atoms with Crippen molar-refractivity contribution in [1.82, 2.24) is 0 Å². The van der Waals surface area contributed by atoms with E-state index in [4.69, 9.17) is 4.74 Å². The van der Waals surface area contributed by atoms with Gasteiger partial charge in [0.2, 0.25) is 0 Å². The van der Waals surface area contributed by atoms with Gasteiger partial charge in [-0.1, -0.05) is 239 Å². The molecule has 0 amide bonds. The summed E-state index contributed by atoms with van der Waals surface area (Å²) in [7, 11) is 0. The van der Waals surface area contributed by atoms with Crippen LogP contribution in [-0.4, -0.2) is 6.71 Å². The molecule has 5 heterocycles. The van der Waals surface area contributed by atoms with Crippen molar-refractivity contribution in [2.45, 2.75) is 90.9 Å². The van der Waals surface area contributed by atoms with Gasteiger partial charge in [-0.15, -0.1) is 22.7 Å². The number of rotatable bonds is 4. The van der Waals surface area contributed by atoms with Crippen LogP contribution in [-0.2, 0) is 21.7 Å². The molecule has 16 rings (SSSR count). The summed E-state index contributed by atoms with van der Waals surface area (Å²) in [6.45, 7) is 23.9. The normalized spacial score (nSPS) is 14.7. The van der Waals surface area contributed by atoms with Crippen molar-refractivity contribution in [2.75, 3.05) is 4.90 Å². The summed E-state index contributed by atoms with van der Waals surface area (Å²) >= 11 is 3.76. The highest BCUT2D eigenvalue weighted by Crippen LogP contribution is 2.53. The minimum Gasteiger partial charge on any atom is -0.458 e. The number of thiophene rings is 2. The summed E-state index contributed by atoms with van der Waals surface area (Å²) < 4.78 is 12.7. The lowest BCUT2D eigenvalue weighted by Crippen LogP contribution is -2.59. The van der Waals surface area contributed by atoms with E-state index in [2.05, 4.69) is 293 Å². The third-order valence-corrected chi connectivity index (χ3v) is 22.1. The van der Waals surface area contributed by atoms with Gasteiger partial charge in [0.15, 0.2) is 0 Å². The molecular formula is C80H66BNOS2. The Morgan fingerprint density at radius 3 is 1.42 bits per heavy atom. The Labute approximate surface area is 508 Å². The van der Waals surface area contributed by atoms with Gasteiger partial charge in [0.1, 0.15) is 11.5 Å². The molecule has 2 nitrogen and oxygen atoms in total. The molecule has 0 saturated carbocycles. The molecule has 13 aromatic rings. The van der Waals surface area contributed by atoms with E-state index in [0.717, 1.165) is 39.7 Å². The van der Waals surface area contributed by atoms with Crippen LogP contribution in [0.1, 0.15) is 91.5 Å². The van der Waals surface area contributed by atoms with Gasteiger partial charge in [0.25, 0.3) is 6.71 Å². The molecule has 5 heteroatoms. The highest BCUT2D eigenvalue weighted by Gasteiger charge is 2.45. The summed E-state index contributed by atoms with van der Waals surface area (Å²) in [6.07, 6.45) is 0. The Balaban J connectivity index is 1.04. The van der Waals surface area contributed by atoms with Crippen molar-refractivity contribution >= 4 is 103 Å². The van der Waals surface area contributed by atoms with Crippen molar-refractivity contribution in [3.63, 3.8) is 0 Å². The second kappa shape index (κ2) is 18.5. The molecule has 0 fully saturated rings. The van der Waals surface area contributed by atoms with Crippen LogP contribution >= 0.6 is 22.7 Å². The molecular weight excluding hydrogens is 1070 g/mol. The lowest BCUT2D eigenvalue weighted by atomic mass is 9.34. The van der Waals surface area contributed by atoms with E-state index in [1.54, 1.807) is 0 Å². The summed E-state index contributed by atoms with van der Waals surface area (Å²) in [5.41, 5.74) is 23.5. The number of para-hydroxylation sites is 1. The van der Waals surface area contributed by atoms with Crippen LogP contribution in [0.4, 0.5) is 17.1 Å². The van der Waals surface area contributed by atoms with Crippen LogP contribution in [0.5, 0.6) is 11.5 Å². The topological polar surface area (TPSA) is 12.5 Å². The molecule has 0 atom stereocenters. The van der Waals surface area contributed by atoms with E-state index >= 15 is 0 Å². The molecule has 85 heavy (non-hydrogen) atoms. The van der Waals surface area contributed by atoms with Crippen molar-refractivity contribution in [3.8, 4) is 67.1 Å². The van der Waals surface area contributed by atoms with E-state index in [1.165, 1.54) is 123 Å². The summed E-state index contributed by atoms with van der Waals surface area (Å²) in [4.78, 5) is 2.64. The van der Waals surface area contributed by atoms with E-state index in [1.807, 2.05) is 22.7 Å². The molecule has 3 aliphatic heterocycles. The highest BCUT2D eigenvalue weighted by atomic mass is 32.1. The Morgan fingerprint density at radius 1 is 0.365 bits per heavy atom. The minimum atomic E-state index is -0.279. The molecule has 0 spiro atoms. The molecule has 0 aliphatic carbocycles. The monoisotopic (exact) mass is 1130 g/mol. The molecule has 2 aromatic heterocycles. The first kappa shape index (κ1) is 52.1. The molecule has 3 aliphatic rings. The van der Waals surface area contributed by atoms with E-state index in [9.17, 15) is 0 Å². The smallest absolute Gasteiger partial charge is 0.256 e. The lowest BCUT2D eigenvalue weighted by Gasteiger charge is -2.44. The van der Waals surface area contributed by atoms with Crippen LogP contribution in [0, 0.1) is 0 Å². The highest BCUT2D eigenvalue weighted by molar-refractivity contribution is 7.26. The molecule has 8 bridgehead atoms. The zero-order chi connectivity index (χ0) is 58.1. The van der Waals surface area contributed by atoms with E-state index < -0.39 is 0 Å². The van der Waals surface area contributed by atoms with Gasteiger partial charge in [-0.25, -0.2) is 0 Å². The van der Waals surface area contributed by atoms with Gasteiger partial charge in [-0.05, 0) is 153 Å². The second-order valence-corrected chi connectivity index (χ2v) is 29.5. The number of nitrogens with zero attached hydrogens (tertiary/aromatic N) is 1. The van der Waals surface area contributed by atoms with Crippen molar-refractivity contribution in [1.29, 1.82) is 0 Å². The quantitative estimate of drug-likeness (QED) is 0.163. The molecule has 0 radical (unpaired) electrons. The fourth-order valence-corrected chi connectivity index (χ4v) is 16.4. The molecule has 11 aromatic carbocycles. The van der Waals surface area contributed by atoms with Gasteiger partial charge in [-0.2, -0.15) is 0 Å². The van der Waals surface area contributed by atoms with Crippen LogP contribution in [0.15, 0.2) is 218 Å².